The van der Waals surface area contributed by atoms with E-state index in [0.29, 0.717) is 43.1 Å². The standard InChI is InChI=1S/C29H27BrN2O5S2/c1-19-9-12-23(13-10-19)38(33)26-17-22(18-30)32(29(26)21-11-14-24(36-2)25(16-21)37-3)39(34,35)27-8-4-6-20-7-5-15-31-28(20)27/h4-17,22,29H,18H2,1-3H3/t22-,29+,38+/m1/s1. The lowest BCUT2D eigenvalue weighted by atomic mass is 10.1. The van der Waals surface area contributed by atoms with E-state index in [-0.39, 0.29) is 4.90 Å². The number of alkyl halides is 1. The number of nitrogens with zero attached hydrogens (tertiary/aromatic N) is 2. The van der Waals surface area contributed by atoms with E-state index in [9.17, 15) is 12.6 Å². The van der Waals surface area contributed by atoms with Gasteiger partial charge < -0.3 is 9.47 Å². The summed E-state index contributed by atoms with van der Waals surface area (Å²) in [6, 6.07) is 19.9. The molecule has 3 aromatic carbocycles. The van der Waals surface area contributed by atoms with Crippen LogP contribution in [0, 0.1) is 6.92 Å². The van der Waals surface area contributed by atoms with Gasteiger partial charge in [-0.2, -0.15) is 4.31 Å². The SMILES string of the molecule is COc1ccc([C@H]2C([S@@](=O)c3ccc(C)cc3)=C[C@H](CBr)N2S(=O)(=O)c2cccc3cccnc23)cc1OC. The van der Waals surface area contributed by atoms with Crippen molar-refractivity contribution in [1.29, 1.82) is 0 Å². The molecular weight excluding hydrogens is 600 g/mol. The van der Waals surface area contributed by atoms with Gasteiger partial charge in [0.25, 0.3) is 0 Å². The van der Waals surface area contributed by atoms with Gasteiger partial charge in [0.15, 0.2) is 11.5 Å². The first-order chi connectivity index (χ1) is 18.8. The minimum atomic E-state index is -4.13. The Balaban J connectivity index is 1.72. The van der Waals surface area contributed by atoms with Crippen LogP contribution in [0.4, 0.5) is 0 Å². The van der Waals surface area contributed by atoms with Crippen LogP contribution in [0.5, 0.6) is 11.5 Å². The third kappa shape index (κ3) is 5.02. The van der Waals surface area contributed by atoms with Crippen molar-refractivity contribution in [2.45, 2.75) is 28.8 Å². The zero-order valence-corrected chi connectivity index (χ0v) is 24.8. The highest BCUT2D eigenvalue weighted by Gasteiger charge is 2.46. The van der Waals surface area contributed by atoms with Crippen molar-refractivity contribution in [2.24, 2.45) is 0 Å². The van der Waals surface area contributed by atoms with Gasteiger partial charge in [-0.25, -0.2) is 12.6 Å². The monoisotopic (exact) mass is 626 g/mol. The summed E-state index contributed by atoms with van der Waals surface area (Å²) in [6.07, 6.45) is 3.37. The van der Waals surface area contributed by atoms with Gasteiger partial charge in [-0.05, 0) is 48.9 Å². The summed E-state index contributed by atoms with van der Waals surface area (Å²) in [7, 11) is -2.70. The molecule has 39 heavy (non-hydrogen) atoms. The summed E-state index contributed by atoms with van der Waals surface area (Å²) in [6.45, 7) is 1.96. The number of aromatic nitrogens is 1. The molecule has 1 aliphatic rings. The second kappa shape index (κ2) is 11.2. The van der Waals surface area contributed by atoms with Gasteiger partial charge in [0, 0.05) is 26.7 Å². The Kier molecular flexibility index (Phi) is 7.91. The predicted molar refractivity (Wildman–Crippen MR) is 156 cm³/mol. The number of benzene rings is 3. The second-order valence-corrected chi connectivity index (χ2v) is 13.0. The lowest BCUT2D eigenvalue weighted by Gasteiger charge is -2.31. The van der Waals surface area contributed by atoms with E-state index in [0.717, 1.165) is 5.56 Å². The summed E-state index contributed by atoms with van der Waals surface area (Å²) in [5.74, 6) is 0.955. The molecular formula is C29H27BrN2O5S2. The maximum Gasteiger partial charge on any atom is 0.246 e. The molecule has 0 saturated heterocycles. The third-order valence-electron chi connectivity index (χ3n) is 6.69. The molecule has 0 radical (unpaired) electrons. The van der Waals surface area contributed by atoms with Crippen molar-refractivity contribution in [3.63, 3.8) is 0 Å². The number of pyridine rings is 1. The highest BCUT2D eigenvalue weighted by Crippen LogP contribution is 2.46. The Bertz CT molecular complexity index is 1680. The number of fused-ring (bicyclic) bond motifs is 1. The number of methoxy groups -OCH3 is 2. The van der Waals surface area contributed by atoms with Gasteiger partial charge in [0.2, 0.25) is 10.0 Å². The average molecular weight is 628 g/mol. The first kappa shape index (κ1) is 27.5. The number of rotatable bonds is 8. The molecule has 0 saturated carbocycles. The van der Waals surface area contributed by atoms with Crippen LogP contribution >= 0.6 is 15.9 Å². The fraction of sp³-hybridized carbons (Fsp3) is 0.207. The van der Waals surface area contributed by atoms with Crippen LogP contribution in [0.25, 0.3) is 10.9 Å². The molecule has 0 amide bonds. The summed E-state index contributed by atoms with van der Waals surface area (Å²) >= 11 is 3.51. The molecule has 4 aromatic rings. The summed E-state index contributed by atoms with van der Waals surface area (Å²) in [4.78, 5) is 5.56. The fourth-order valence-corrected chi connectivity index (χ4v) is 8.84. The lowest BCUT2D eigenvalue weighted by Crippen LogP contribution is -2.39. The van der Waals surface area contributed by atoms with E-state index in [4.69, 9.17) is 9.47 Å². The molecule has 10 heteroatoms. The van der Waals surface area contributed by atoms with E-state index in [1.807, 2.05) is 43.3 Å². The molecule has 0 bridgehead atoms. The molecule has 0 aliphatic carbocycles. The van der Waals surface area contributed by atoms with Crippen LogP contribution < -0.4 is 9.47 Å². The normalized spacial score (nSPS) is 18.6. The molecule has 0 spiro atoms. The van der Waals surface area contributed by atoms with Crippen molar-refractivity contribution < 1.29 is 22.1 Å². The lowest BCUT2D eigenvalue weighted by molar-refractivity contribution is 0.347. The highest BCUT2D eigenvalue weighted by molar-refractivity contribution is 9.09. The van der Waals surface area contributed by atoms with Crippen LogP contribution in [0.2, 0.25) is 0 Å². The first-order valence-electron chi connectivity index (χ1n) is 12.2. The molecule has 3 atom stereocenters. The van der Waals surface area contributed by atoms with E-state index < -0.39 is 32.9 Å². The van der Waals surface area contributed by atoms with Crippen LogP contribution in [-0.4, -0.2) is 47.5 Å². The van der Waals surface area contributed by atoms with Crippen molar-refractivity contribution in [3.05, 3.63) is 101 Å². The van der Waals surface area contributed by atoms with E-state index in [2.05, 4.69) is 20.9 Å². The fourth-order valence-electron chi connectivity index (χ4n) is 4.79. The topological polar surface area (TPSA) is 85.8 Å². The molecule has 7 nitrogen and oxygen atoms in total. The maximum absolute atomic E-state index is 14.5. The first-order valence-corrected chi connectivity index (χ1v) is 15.9. The Morgan fingerprint density at radius 3 is 2.38 bits per heavy atom. The number of aryl methyl sites for hydroxylation is 1. The zero-order chi connectivity index (χ0) is 27.7. The van der Waals surface area contributed by atoms with Gasteiger partial charge in [-0.3, -0.25) is 4.98 Å². The quantitative estimate of drug-likeness (QED) is 0.231. The number of sulfonamides is 1. The van der Waals surface area contributed by atoms with Crippen molar-refractivity contribution in [3.8, 4) is 11.5 Å². The van der Waals surface area contributed by atoms with Gasteiger partial charge in [0.1, 0.15) is 4.90 Å². The molecule has 2 heterocycles. The molecule has 5 rings (SSSR count). The summed E-state index contributed by atoms with van der Waals surface area (Å²) < 4.78 is 55.4. The van der Waals surface area contributed by atoms with Crippen LogP contribution in [-0.2, 0) is 20.8 Å². The minimum Gasteiger partial charge on any atom is -0.493 e. The maximum atomic E-state index is 14.5. The Hall–Kier alpha value is -3.05. The predicted octanol–water partition coefficient (Wildman–Crippen LogP) is 5.76. The molecule has 202 valence electrons. The molecule has 0 N–H and O–H groups in total. The molecule has 1 aliphatic heterocycles. The van der Waals surface area contributed by atoms with Crippen molar-refractivity contribution in [2.75, 3.05) is 19.5 Å². The van der Waals surface area contributed by atoms with Gasteiger partial charge in [0.05, 0.1) is 42.6 Å². The number of para-hydroxylation sites is 1. The second-order valence-electron chi connectivity index (χ2n) is 9.06. The number of hydrogen-bond donors (Lipinski definition) is 0. The Morgan fingerprint density at radius 1 is 0.974 bits per heavy atom. The van der Waals surface area contributed by atoms with Gasteiger partial charge >= 0.3 is 0 Å². The summed E-state index contributed by atoms with van der Waals surface area (Å²) in [5.41, 5.74) is 2.03. The smallest absolute Gasteiger partial charge is 0.246 e. The number of hydrogen-bond acceptors (Lipinski definition) is 6. The van der Waals surface area contributed by atoms with E-state index in [1.165, 1.54) is 18.5 Å². The summed E-state index contributed by atoms with van der Waals surface area (Å²) in [5, 5.41) is 1.02. The van der Waals surface area contributed by atoms with E-state index >= 15 is 0 Å². The third-order valence-corrected chi connectivity index (χ3v) is 10.8. The van der Waals surface area contributed by atoms with Crippen LogP contribution in [0.3, 0.4) is 0 Å². The van der Waals surface area contributed by atoms with E-state index in [1.54, 1.807) is 48.7 Å². The van der Waals surface area contributed by atoms with Crippen molar-refractivity contribution >= 4 is 47.7 Å². The highest BCUT2D eigenvalue weighted by atomic mass is 79.9. The largest absolute Gasteiger partial charge is 0.493 e. The minimum absolute atomic E-state index is 0.0906. The number of ether oxygens (including phenoxy) is 2. The molecule has 1 aromatic heterocycles. The van der Waals surface area contributed by atoms with Crippen LogP contribution in [0.1, 0.15) is 17.2 Å². The Labute approximate surface area is 239 Å². The zero-order valence-electron chi connectivity index (χ0n) is 21.6. The van der Waals surface area contributed by atoms with Crippen LogP contribution in [0.15, 0.2) is 99.8 Å². The molecule has 0 unspecified atom stereocenters. The Morgan fingerprint density at radius 2 is 1.69 bits per heavy atom. The van der Waals surface area contributed by atoms with Gasteiger partial charge in [-0.1, -0.05) is 64.0 Å². The van der Waals surface area contributed by atoms with Crippen molar-refractivity contribution in [1.82, 2.24) is 9.29 Å². The molecule has 0 fully saturated rings. The number of halogens is 1. The van der Waals surface area contributed by atoms with Gasteiger partial charge in [-0.15, -0.1) is 0 Å². The average Bonchev–Trinajstić information content (AvgIpc) is 3.37.